The summed E-state index contributed by atoms with van der Waals surface area (Å²) in [6.45, 7) is 0. The first-order chi connectivity index (χ1) is 69.5. The summed E-state index contributed by atoms with van der Waals surface area (Å²) in [5.41, 5.74) is 7.08. The molecule has 0 aliphatic heterocycles. The van der Waals surface area contributed by atoms with E-state index in [0.717, 1.165) is 112 Å². The summed E-state index contributed by atoms with van der Waals surface area (Å²) >= 11 is 7.88. The van der Waals surface area contributed by atoms with Crippen molar-refractivity contribution in [2.24, 2.45) is 0 Å². The molecular weight excluding hydrogens is 1550 g/mol. The van der Waals surface area contributed by atoms with Crippen molar-refractivity contribution >= 4 is 244 Å². The Hall–Kier alpha value is -13.9. The highest BCUT2D eigenvalue weighted by Crippen LogP contribution is 2.54. The minimum Gasteiger partial charge on any atom is -0.456 e. The fourth-order valence-electron chi connectivity index (χ4n) is 18.0. The maximum atomic E-state index is 9.36. The van der Waals surface area contributed by atoms with Crippen molar-refractivity contribution in [2.75, 3.05) is 0 Å². The van der Waals surface area contributed by atoms with Crippen molar-refractivity contribution < 1.29 is 37.3 Å². The van der Waals surface area contributed by atoms with E-state index in [2.05, 4.69) is 18.2 Å². The van der Waals surface area contributed by atoms with Crippen LogP contribution >= 0.6 is 56.7 Å². The Kier molecular flexibility index (Phi) is 11.5. The fraction of sp³-hybridized carbons (Fsp3) is 0. The highest BCUT2D eigenvalue weighted by atomic mass is 32.1. The third kappa shape index (κ3) is 10.9. The zero-order chi connectivity index (χ0) is 99.5. The maximum Gasteiger partial charge on any atom is 0.136 e. The number of fused-ring (bicyclic) bond motifs is 24. The molecule has 6 aromatic heterocycles. The normalized spacial score (nSPS) is 14.8. The lowest BCUT2D eigenvalue weighted by Crippen LogP contribution is -1.91. The molecule has 0 saturated carbocycles. The lowest BCUT2D eigenvalue weighted by molar-refractivity contribution is 0.669. The third-order valence-corrected chi connectivity index (χ3v) is 29.1. The summed E-state index contributed by atoms with van der Waals surface area (Å²) in [7, 11) is 0. The molecule has 0 aliphatic rings. The Morgan fingerprint density at radius 1 is 0.167 bits per heavy atom. The van der Waals surface area contributed by atoms with Crippen molar-refractivity contribution in [3.63, 3.8) is 0 Å². The second-order valence-corrected chi connectivity index (χ2v) is 34.8. The van der Waals surface area contributed by atoms with Crippen LogP contribution in [0.15, 0.2) is 404 Å². The summed E-state index contributed by atoms with van der Waals surface area (Å²) < 4.78 is 233. The second-order valence-electron chi connectivity index (χ2n) is 29.5. The number of benzene rings is 21. The summed E-state index contributed by atoms with van der Waals surface area (Å²) in [6.07, 6.45) is 0. The van der Waals surface area contributed by atoms with Crippen LogP contribution in [0.2, 0.25) is 0 Å². The maximum absolute atomic E-state index is 9.36. The van der Waals surface area contributed by atoms with Gasteiger partial charge < -0.3 is 4.42 Å². The first kappa shape index (κ1) is 49.3. The molecule has 0 unspecified atom stereocenters. The molecule has 6 heterocycles. The molecule has 0 saturated heterocycles. The Morgan fingerprint density at radius 2 is 0.400 bits per heavy atom. The fourth-order valence-corrected chi connectivity index (χ4v) is 24.0. The lowest BCUT2D eigenvalue weighted by atomic mass is 9.85. The van der Waals surface area contributed by atoms with Gasteiger partial charge in [0.05, 0.1) is 32.9 Å². The molecule has 0 spiro atoms. The van der Waals surface area contributed by atoms with Gasteiger partial charge in [-0.1, -0.05) is 339 Å². The summed E-state index contributed by atoms with van der Waals surface area (Å²) in [4.78, 5) is 0. The number of thiophene rings is 5. The van der Waals surface area contributed by atoms with E-state index in [0.29, 0.717) is 77.9 Å². The van der Waals surface area contributed by atoms with Gasteiger partial charge in [-0.05, 0) is 175 Å². The molecule has 1 nitrogen and oxygen atoms in total. The highest BCUT2D eigenvalue weighted by molar-refractivity contribution is 7.28. The van der Waals surface area contributed by atoms with Crippen LogP contribution in [0.25, 0.3) is 254 Å². The summed E-state index contributed by atoms with van der Waals surface area (Å²) in [5.74, 6) is 0. The minimum atomic E-state index is -0.426. The Balaban J connectivity index is 0.000000113. The van der Waals surface area contributed by atoms with E-state index < -0.39 is 72.5 Å². The average Bonchev–Trinajstić information content (AvgIpc) is 1.18. The molecule has 0 N–H and O–H groups in total. The zero-order valence-electron chi connectivity index (χ0n) is 86.7. The number of furan rings is 1. The van der Waals surface area contributed by atoms with Crippen molar-refractivity contribution in [1.82, 2.24) is 0 Å². The van der Waals surface area contributed by atoms with Crippen LogP contribution in [0.5, 0.6) is 0 Å². The van der Waals surface area contributed by atoms with Gasteiger partial charge in [-0.3, -0.25) is 0 Å². The molecule has 0 atom stereocenters. The molecule has 120 heavy (non-hydrogen) atoms. The van der Waals surface area contributed by atoms with Gasteiger partial charge in [0.25, 0.3) is 0 Å². The molecule has 6 heteroatoms. The van der Waals surface area contributed by atoms with Crippen LogP contribution in [-0.2, 0) is 0 Å². The number of rotatable bonds is 6. The molecule has 0 aliphatic carbocycles. The summed E-state index contributed by atoms with van der Waals surface area (Å²) in [6, 6.07) is 74.4. The van der Waals surface area contributed by atoms with Crippen LogP contribution in [0.1, 0.15) is 32.9 Å². The smallest absolute Gasteiger partial charge is 0.136 e. The summed E-state index contributed by atoms with van der Waals surface area (Å²) in [5, 5.41) is 14.7. The van der Waals surface area contributed by atoms with Crippen LogP contribution in [0, 0.1) is 0 Å². The van der Waals surface area contributed by atoms with Gasteiger partial charge in [-0.25, -0.2) is 0 Å². The number of hydrogen-bond acceptors (Lipinski definition) is 6. The molecule has 558 valence electrons. The molecule has 0 fully saturated rings. The minimum absolute atomic E-state index is 0.181. The average molecular weight is 1640 g/mol. The number of hydrogen-bond donors (Lipinski definition) is 0. The van der Waals surface area contributed by atoms with Crippen molar-refractivity contribution in [3.05, 3.63) is 400 Å². The van der Waals surface area contributed by atoms with Crippen LogP contribution in [0.4, 0.5) is 0 Å². The zero-order valence-corrected chi connectivity index (χ0v) is 66.8. The van der Waals surface area contributed by atoms with Gasteiger partial charge in [0.2, 0.25) is 0 Å². The molecular formula is C114H66OS5. The van der Waals surface area contributed by atoms with Gasteiger partial charge in [-0.15, -0.1) is 56.7 Å². The number of para-hydroxylation sites is 1. The third-order valence-electron chi connectivity index (χ3n) is 23.1. The van der Waals surface area contributed by atoms with Crippen molar-refractivity contribution in [1.29, 1.82) is 0 Å². The van der Waals surface area contributed by atoms with Gasteiger partial charge in [-0.2, -0.15) is 0 Å². The highest BCUT2D eigenvalue weighted by Gasteiger charge is 2.25. The van der Waals surface area contributed by atoms with E-state index in [1.54, 1.807) is 62.8 Å². The van der Waals surface area contributed by atoms with Crippen molar-refractivity contribution in [3.8, 4) is 66.8 Å². The molecule has 27 rings (SSSR count). The monoisotopic (exact) mass is 1630 g/mol. The molecule has 21 aromatic carbocycles. The molecule has 0 bridgehead atoms. The van der Waals surface area contributed by atoms with Gasteiger partial charge in [0.15, 0.2) is 0 Å². The molecule has 0 radical (unpaired) electrons. The lowest BCUT2D eigenvalue weighted by Gasteiger charge is -2.18. The van der Waals surface area contributed by atoms with E-state index in [4.69, 9.17) is 20.9 Å². The van der Waals surface area contributed by atoms with Crippen LogP contribution in [-0.4, -0.2) is 0 Å². The Labute approximate surface area is 743 Å². The largest absolute Gasteiger partial charge is 0.456 e. The first-order valence-electron chi connectivity index (χ1n) is 50.9. The standard InChI is InChI=1S/C38H22OS.2C38H22S2/c1-3-13-31-29(11-1)37(23-17-19-26-25-9-5-7-15-33(25)39-34(26)21-23)30-12-2-4-14-32(30)38(31)24-18-20-28-27-10-6-8-16-35(27)40-36(28)22-24;1-3-14-29-27(12-1)36(23-20-21-26-24-10-5-7-18-33(24)39-35(26)22-23)28-13-2-4-15-30(28)37(29)32-17-9-16-31-25-11-6-8-19-34(25)40-38(31)32;1-2-14-26-25(13-1)35(31-19-9-17-29-23-11-5-7-21-33(23)39-37(29)31)27-15-3-4-16-28(27)36(26)32-20-10-18-30-24-12-6-8-22-34(24)40-38(30)32/h3*1-22H/i1D,2D,3D,4D,11D,12D,13D,14D;1D,2D,3D,4D,12D,13D,14D,15D;1D,2D,3D,4D,13D,14D,15D,16D. The van der Waals surface area contributed by atoms with E-state index in [9.17, 15) is 16.4 Å². The van der Waals surface area contributed by atoms with Gasteiger partial charge in [0, 0.05) is 128 Å². The topological polar surface area (TPSA) is 13.1 Å². The SMILES string of the molecule is [2H]c1c([2H])c([2H])c2c(-c3ccc4c(c3)sc3ccccc34)c3c([2H])c([2H])c([2H])c([2H])c3c(-c3ccc4c(c3)oc3ccccc34)c2c1[2H].[2H]c1c([2H])c([2H])c2c(-c3cccc4c3sc3ccccc34)c3c([2H])c([2H])c([2H])c([2H])c3c(-c3ccc4c(c3)sc3ccccc34)c2c1[2H].[2H]c1c([2H])c([2H])c2c(-c3cccc4c3sc3ccccc34)c3c([2H])c([2H])c([2H])c([2H])c3c(-c3cccc4c3sc3ccccc34)c2c1[2H]. The van der Waals surface area contributed by atoms with E-state index >= 15 is 0 Å². The van der Waals surface area contributed by atoms with E-state index in [1.165, 1.54) is 0 Å². The predicted octanol–water partition coefficient (Wildman–Crippen LogP) is 35.7. The Morgan fingerprint density at radius 3 is 0.725 bits per heavy atom. The predicted molar refractivity (Wildman–Crippen MR) is 529 cm³/mol. The van der Waals surface area contributed by atoms with Gasteiger partial charge >= 0.3 is 0 Å². The van der Waals surface area contributed by atoms with Crippen molar-refractivity contribution in [2.45, 2.75) is 0 Å². The van der Waals surface area contributed by atoms with Crippen LogP contribution < -0.4 is 0 Å². The molecule has 27 aromatic rings. The quantitative estimate of drug-likeness (QED) is 0.151. The van der Waals surface area contributed by atoms with E-state index in [1.807, 2.05) is 231 Å². The second kappa shape index (κ2) is 27.9. The Bertz CT molecular complexity index is 9900. The van der Waals surface area contributed by atoms with Gasteiger partial charge in [0.1, 0.15) is 11.2 Å². The van der Waals surface area contributed by atoms with E-state index in [-0.39, 0.29) is 137 Å². The first-order valence-corrected chi connectivity index (χ1v) is 42.9. The molecule has 0 amide bonds. The van der Waals surface area contributed by atoms with Crippen LogP contribution in [0.3, 0.4) is 0 Å².